The highest BCUT2D eigenvalue weighted by atomic mass is 16.5. The van der Waals surface area contributed by atoms with Crippen molar-refractivity contribution in [3.05, 3.63) is 12.2 Å². The normalized spacial score (nSPS) is 15.7. The zero-order valence-corrected chi connectivity index (χ0v) is 11.5. The molecule has 0 aromatic carbocycles. The first-order chi connectivity index (χ1) is 8.97. The molecule has 1 aliphatic heterocycles. The van der Waals surface area contributed by atoms with Crippen LogP contribution in [0.1, 0.15) is 20.3 Å². The predicted octanol–water partition coefficient (Wildman–Crippen LogP) is 0.187. The Kier molecular flexibility index (Phi) is 5.54. The van der Waals surface area contributed by atoms with E-state index in [4.69, 9.17) is 4.74 Å². The molecule has 1 heterocycles. The van der Waals surface area contributed by atoms with Crippen molar-refractivity contribution in [3.63, 3.8) is 0 Å². The second kappa shape index (κ2) is 6.92. The molecule has 106 valence electrons. The number of carbonyl (C=O) groups excluding carboxylic acids is 3. The quantitative estimate of drug-likeness (QED) is 0.392. The molecular weight excluding hydrogens is 248 g/mol. The van der Waals surface area contributed by atoms with Crippen molar-refractivity contribution >= 4 is 17.8 Å². The molecule has 1 fully saturated rings. The second-order valence-electron chi connectivity index (χ2n) is 4.50. The molecule has 0 spiro atoms. The molecule has 19 heavy (non-hydrogen) atoms. The van der Waals surface area contributed by atoms with E-state index in [1.165, 1.54) is 4.90 Å². The van der Waals surface area contributed by atoms with E-state index >= 15 is 0 Å². The van der Waals surface area contributed by atoms with Gasteiger partial charge in [0.15, 0.2) is 0 Å². The molecule has 0 bridgehead atoms. The Morgan fingerprint density at radius 2 is 1.74 bits per heavy atom. The lowest BCUT2D eigenvalue weighted by Gasteiger charge is -2.33. The van der Waals surface area contributed by atoms with Crippen LogP contribution in [-0.2, 0) is 19.1 Å². The maximum atomic E-state index is 11.8. The maximum absolute atomic E-state index is 11.8. The molecule has 0 unspecified atom stereocenters. The van der Waals surface area contributed by atoms with E-state index in [9.17, 15) is 14.4 Å². The van der Waals surface area contributed by atoms with Gasteiger partial charge in [-0.1, -0.05) is 13.5 Å². The molecule has 6 nitrogen and oxygen atoms in total. The zero-order chi connectivity index (χ0) is 14.4. The highest BCUT2D eigenvalue weighted by Crippen LogP contribution is 2.06. The van der Waals surface area contributed by atoms with E-state index in [-0.39, 0.29) is 13.2 Å². The Balaban J connectivity index is 2.41. The highest BCUT2D eigenvalue weighted by Gasteiger charge is 2.31. The van der Waals surface area contributed by atoms with Gasteiger partial charge >= 0.3 is 17.8 Å². The van der Waals surface area contributed by atoms with Gasteiger partial charge in [0, 0.05) is 25.2 Å². The first-order valence-corrected chi connectivity index (χ1v) is 6.38. The summed E-state index contributed by atoms with van der Waals surface area (Å²) in [5, 5.41) is 0. The summed E-state index contributed by atoms with van der Waals surface area (Å²) >= 11 is 0. The van der Waals surface area contributed by atoms with Crippen molar-refractivity contribution in [1.82, 2.24) is 9.80 Å². The first kappa shape index (κ1) is 15.2. The third-order valence-corrected chi connectivity index (χ3v) is 2.83. The lowest BCUT2D eigenvalue weighted by molar-refractivity contribution is -0.157. The van der Waals surface area contributed by atoms with E-state index in [0.29, 0.717) is 25.2 Å². The van der Waals surface area contributed by atoms with Crippen LogP contribution in [0.15, 0.2) is 12.2 Å². The Bertz CT molecular complexity index is 392. The number of ether oxygens (including phenoxy) is 1. The summed E-state index contributed by atoms with van der Waals surface area (Å²) in [5.74, 6) is -1.48. The van der Waals surface area contributed by atoms with Gasteiger partial charge in [-0.05, 0) is 13.3 Å². The molecule has 2 amide bonds. The fourth-order valence-electron chi connectivity index (χ4n) is 1.78. The van der Waals surface area contributed by atoms with Crippen LogP contribution in [0.25, 0.3) is 0 Å². The number of hydrogen-bond acceptors (Lipinski definition) is 4. The van der Waals surface area contributed by atoms with E-state index in [2.05, 4.69) is 6.58 Å². The Morgan fingerprint density at radius 1 is 1.21 bits per heavy atom. The number of carbonyl (C=O) groups is 3. The Morgan fingerprint density at radius 3 is 2.21 bits per heavy atom. The Hall–Kier alpha value is -1.85. The van der Waals surface area contributed by atoms with Gasteiger partial charge in [0.25, 0.3) is 0 Å². The van der Waals surface area contributed by atoms with Gasteiger partial charge in [0.2, 0.25) is 0 Å². The van der Waals surface area contributed by atoms with Crippen molar-refractivity contribution in [2.45, 2.75) is 20.3 Å². The lowest BCUT2D eigenvalue weighted by atomic mass is 10.2. The molecule has 1 aliphatic rings. The summed E-state index contributed by atoms with van der Waals surface area (Å²) in [6, 6.07) is 0. The summed E-state index contributed by atoms with van der Waals surface area (Å²) in [5.41, 5.74) is 0.315. The van der Waals surface area contributed by atoms with Crippen molar-refractivity contribution in [1.29, 1.82) is 0 Å². The fraction of sp³-hybridized carbons (Fsp3) is 0.615. The van der Waals surface area contributed by atoms with Gasteiger partial charge in [0.05, 0.1) is 6.54 Å². The van der Waals surface area contributed by atoms with Crippen molar-refractivity contribution < 1.29 is 19.1 Å². The summed E-state index contributed by atoms with van der Waals surface area (Å²) < 4.78 is 4.91. The van der Waals surface area contributed by atoms with Crippen molar-refractivity contribution in [2.75, 3.05) is 32.8 Å². The van der Waals surface area contributed by atoms with Crippen LogP contribution in [0.4, 0.5) is 0 Å². The summed E-state index contributed by atoms with van der Waals surface area (Å²) in [6.45, 7) is 8.92. The van der Waals surface area contributed by atoms with Crippen LogP contribution in [-0.4, -0.2) is 60.4 Å². The van der Waals surface area contributed by atoms with E-state index < -0.39 is 17.8 Å². The van der Waals surface area contributed by atoms with Crippen LogP contribution in [0.2, 0.25) is 0 Å². The molecule has 6 heteroatoms. The monoisotopic (exact) mass is 268 g/mol. The van der Waals surface area contributed by atoms with E-state index in [0.717, 1.165) is 6.42 Å². The Labute approximate surface area is 113 Å². The summed E-state index contributed by atoms with van der Waals surface area (Å²) in [6.07, 6.45) is 0.829. The van der Waals surface area contributed by atoms with Crippen LogP contribution in [0, 0.1) is 0 Å². The van der Waals surface area contributed by atoms with Gasteiger partial charge in [-0.3, -0.25) is 9.59 Å². The minimum absolute atomic E-state index is 0.0818. The van der Waals surface area contributed by atoms with Gasteiger partial charge in [-0.15, -0.1) is 0 Å². The number of hydrogen-bond donors (Lipinski definition) is 0. The van der Waals surface area contributed by atoms with Gasteiger partial charge in [-0.2, -0.15) is 0 Å². The fourth-order valence-corrected chi connectivity index (χ4v) is 1.78. The second-order valence-corrected chi connectivity index (χ2v) is 4.50. The number of nitrogens with zero attached hydrogens (tertiary/aromatic N) is 2. The molecule has 0 aromatic heterocycles. The minimum Gasteiger partial charge on any atom is -0.460 e. The SMILES string of the molecule is C=C(C)C(=O)OCCN1CCN(CCC)C(=O)C1=O. The molecular formula is C13H20N2O4. The van der Waals surface area contributed by atoms with Crippen LogP contribution < -0.4 is 0 Å². The number of esters is 1. The maximum Gasteiger partial charge on any atom is 0.333 e. The van der Waals surface area contributed by atoms with E-state index in [1.807, 2.05) is 6.92 Å². The zero-order valence-electron chi connectivity index (χ0n) is 11.5. The van der Waals surface area contributed by atoms with Crippen molar-refractivity contribution in [3.8, 4) is 0 Å². The highest BCUT2D eigenvalue weighted by molar-refractivity contribution is 6.35. The van der Waals surface area contributed by atoms with Crippen LogP contribution in [0.3, 0.4) is 0 Å². The molecule has 0 radical (unpaired) electrons. The number of amides is 2. The lowest BCUT2D eigenvalue weighted by Crippen LogP contribution is -2.55. The molecule has 0 saturated carbocycles. The molecule has 0 N–H and O–H groups in total. The van der Waals surface area contributed by atoms with Crippen LogP contribution in [0.5, 0.6) is 0 Å². The molecule has 0 aromatic rings. The molecule has 0 aliphatic carbocycles. The first-order valence-electron chi connectivity index (χ1n) is 6.38. The molecule has 1 saturated heterocycles. The predicted molar refractivity (Wildman–Crippen MR) is 69.2 cm³/mol. The third kappa shape index (κ3) is 4.08. The number of piperazine rings is 1. The van der Waals surface area contributed by atoms with E-state index in [1.54, 1.807) is 11.8 Å². The standard InChI is InChI=1S/C13H20N2O4/c1-4-5-14-6-7-15(12(17)11(14)16)8-9-19-13(18)10(2)3/h2,4-9H2,1,3H3. The van der Waals surface area contributed by atoms with Gasteiger partial charge < -0.3 is 14.5 Å². The van der Waals surface area contributed by atoms with Gasteiger partial charge in [0.1, 0.15) is 6.61 Å². The smallest absolute Gasteiger partial charge is 0.333 e. The largest absolute Gasteiger partial charge is 0.460 e. The number of rotatable bonds is 6. The third-order valence-electron chi connectivity index (χ3n) is 2.83. The van der Waals surface area contributed by atoms with Crippen LogP contribution >= 0.6 is 0 Å². The molecule has 0 atom stereocenters. The topological polar surface area (TPSA) is 66.9 Å². The average molecular weight is 268 g/mol. The van der Waals surface area contributed by atoms with Gasteiger partial charge in [-0.25, -0.2) is 4.79 Å². The minimum atomic E-state index is -0.522. The summed E-state index contributed by atoms with van der Waals surface area (Å²) in [4.78, 5) is 37.7. The summed E-state index contributed by atoms with van der Waals surface area (Å²) in [7, 11) is 0. The molecule has 1 rings (SSSR count). The van der Waals surface area contributed by atoms with Crippen molar-refractivity contribution in [2.24, 2.45) is 0 Å². The average Bonchev–Trinajstić information content (AvgIpc) is 2.37.